The summed E-state index contributed by atoms with van der Waals surface area (Å²) in [6, 6.07) is 10.3. The van der Waals surface area contributed by atoms with E-state index in [0.29, 0.717) is 28.7 Å². The quantitative estimate of drug-likeness (QED) is 0.178. The van der Waals surface area contributed by atoms with Gasteiger partial charge in [-0.2, -0.15) is 0 Å². The van der Waals surface area contributed by atoms with E-state index < -0.39 is 4.92 Å². The number of benzene rings is 2. The van der Waals surface area contributed by atoms with Crippen LogP contribution in [0, 0.1) is 22.9 Å². The minimum atomic E-state index is -0.505. The standard InChI is InChI=1S/C20H17FN4O3S/c1-3-10-24-19(14-6-8-16(21)9-7-14)22-23-20(24)29-12-18(26)15-5-4-13(2)17(11-15)25(27)28/h3-9,11H,1,10,12H2,2H3. The summed E-state index contributed by atoms with van der Waals surface area (Å²) in [6.45, 7) is 5.76. The number of nitro benzene ring substituents is 1. The Morgan fingerprint density at radius 1 is 1.28 bits per heavy atom. The lowest BCUT2D eigenvalue weighted by atomic mass is 10.1. The van der Waals surface area contributed by atoms with E-state index in [1.165, 1.54) is 30.0 Å². The Balaban J connectivity index is 1.81. The molecule has 0 aliphatic heterocycles. The summed E-state index contributed by atoms with van der Waals surface area (Å²) in [7, 11) is 0. The molecule has 3 rings (SSSR count). The smallest absolute Gasteiger partial charge is 0.273 e. The summed E-state index contributed by atoms with van der Waals surface area (Å²) in [4.78, 5) is 23.1. The van der Waals surface area contributed by atoms with Crippen LogP contribution in [0.4, 0.5) is 10.1 Å². The molecule has 0 bridgehead atoms. The van der Waals surface area contributed by atoms with Crippen LogP contribution >= 0.6 is 11.8 Å². The molecular formula is C20H17FN4O3S. The number of carbonyl (C=O) groups excluding carboxylic acids is 1. The van der Waals surface area contributed by atoms with E-state index in [-0.39, 0.29) is 28.6 Å². The average Bonchev–Trinajstić information content (AvgIpc) is 3.10. The molecule has 1 aromatic heterocycles. The third-order valence-electron chi connectivity index (χ3n) is 4.19. The molecule has 0 unspecified atom stereocenters. The number of nitro groups is 1. The van der Waals surface area contributed by atoms with Crippen LogP contribution in [-0.2, 0) is 6.54 Å². The summed E-state index contributed by atoms with van der Waals surface area (Å²) in [5.74, 6) is -0.0323. The number of aryl methyl sites for hydroxylation is 1. The van der Waals surface area contributed by atoms with Gasteiger partial charge >= 0.3 is 0 Å². The van der Waals surface area contributed by atoms with Gasteiger partial charge in [-0.25, -0.2) is 4.39 Å². The van der Waals surface area contributed by atoms with E-state index >= 15 is 0 Å². The zero-order valence-corrected chi connectivity index (χ0v) is 16.4. The Morgan fingerprint density at radius 2 is 2.00 bits per heavy atom. The summed E-state index contributed by atoms with van der Waals surface area (Å²) in [5, 5.41) is 19.9. The zero-order chi connectivity index (χ0) is 21.0. The fraction of sp³-hybridized carbons (Fsp3) is 0.150. The molecule has 7 nitrogen and oxygen atoms in total. The van der Waals surface area contributed by atoms with E-state index in [1.807, 2.05) is 0 Å². The molecule has 9 heteroatoms. The fourth-order valence-corrected chi connectivity index (χ4v) is 3.54. The van der Waals surface area contributed by atoms with Crippen molar-refractivity contribution in [2.24, 2.45) is 0 Å². The fourth-order valence-electron chi connectivity index (χ4n) is 2.69. The highest BCUT2D eigenvalue weighted by atomic mass is 32.2. The lowest BCUT2D eigenvalue weighted by Gasteiger charge is -2.08. The SMILES string of the molecule is C=CCn1c(SCC(=O)c2ccc(C)c([N+](=O)[O-])c2)nnc1-c1ccc(F)cc1. The number of aromatic nitrogens is 3. The zero-order valence-electron chi connectivity index (χ0n) is 15.5. The van der Waals surface area contributed by atoms with Crippen molar-refractivity contribution in [2.45, 2.75) is 18.6 Å². The highest BCUT2D eigenvalue weighted by Crippen LogP contribution is 2.26. The number of allylic oxidation sites excluding steroid dienone is 1. The van der Waals surface area contributed by atoms with Gasteiger partial charge in [0.15, 0.2) is 16.8 Å². The van der Waals surface area contributed by atoms with Crippen LogP contribution in [0.5, 0.6) is 0 Å². The van der Waals surface area contributed by atoms with E-state index in [4.69, 9.17) is 0 Å². The first-order chi connectivity index (χ1) is 13.9. The molecule has 0 saturated heterocycles. The second-order valence-corrected chi connectivity index (χ2v) is 7.13. The Hall–Kier alpha value is -3.33. The van der Waals surface area contributed by atoms with Crippen molar-refractivity contribution in [1.29, 1.82) is 0 Å². The van der Waals surface area contributed by atoms with Crippen molar-refractivity contribution in [3.05, 3.63) is 82.2 Å². The van der Waals surface area contributed by atoms with Crippen LogP contribution in [0.2, 0.25) is 0 Å². The third kappa shape index (κ3) is 4.57. The van der Waals surface area contributed by atoms with Gasteiger partial charge in [0.25, 0.3) is 5.69 Å². The van der Waals surface area contributed by atoms with Crippen LogP contribution in [0.1, 0.15) is 15.9 Å². The lowest BCUT2D eigenvalue weighted by molar-refractivity contribution is -0.385. The van der Waals surface area contributed by atoms with Crippen LogP contribution in [0.3, 0.4) is 0 Å². The molecule has 0 atom stereocenters. The molecule has 29 heavy (non-hydrogen) atoms. The van der Waals surface area contributed by atoms with Gasteiger partial charge in [-0.3, -0.25) is 19.5 Å². The topological polar surface area (TPSA) is 90.9 Å². The molecule has 2 aromatic carbocycles. The van der Waals surface area contributed by atoms with Gasteiger partial charge < -0.3 is 0 Å². The van der Waals surface area contributed by atoms with Crippen molar-refractivity contribution in [1.82, 2.24) is 14.8 Å². The van der Waals surface area contributed by atoms with Gasteiger partial charge in [0.2, 0.25) is 0 Å². The Bertz CT molecular complexity index is 1080. The largest absolute Gasteiger partial charge is 0.298 e. The first-order valence-corrected chi connectivity index (χ1v) is 9.60. The number of hydrogen-bond acceptors (Lipinski definition) is 6. The van der Waals surface area contributed by atoms with Gasteiger partial charge in [-0.15, -0.1) is 16.8 Å². The molecule has 0 amide bonds. The molecule has 148 valence electrons. The molecule has 0 radical (unpaired) electrons. The Labute approximate surface area is 170 Å². The molecule has 0 aliphatic carbocycles. The normalized spacial score (nSPS) is 10.7. The second kappa shape index (κ2) is 8.78. The number of nitrogens with zero attached hydrogens (tertiary/aromatic N) is 4. The van der Waals surface area contributed by atoms with E-state index in [9.17, 15) is 19.3 Å². The maximum Gasteiger partial charge on any atom is 0.273 e. The van der Waals surface area contributed by atoms with E-state index in [2.05, 4.69) is 16.8 Å². The molecule has 0 fully saturated rings. The Kier molecular flexibility index (Phi) is 6.18. The summed E-state index contributed by atoms with van der Waals surface area (Å²) < 4.78 is 15.0. The number of halogens is 1. The predicted octanol–water partition coefficient (Wildman–Crippen LogP) is 4.46. The first kappa shape index (κ1) is 20.4. The van der Waals surface area contributed by atoms with Gasteiger partial charge in [0.1, 0.15) is 5.82 Å². The van der Waals surface area contributed by atoms with Crippen LogP contribution in [0.25, 0.3) is 11.4 Å². The highest BCUT2D eigenvalue weighted by Gasteiger charge is 2.18. The number of rotatable bonds is 8. The number of carbonyl (C=O) groups is 1. The van der Waals surface area contributed by atoms with Gasteiger partial charge in [0.05, 0.1) is 10.7 Å². The summed E-state index contributed by atoms with van der Waals surface area (Å²) in [6.07, 6.45) is 1.67. The Morgan fingerprint density at radius 3 is 2.66 bits per heavy atom. The maximum atomic E-state index is 13.2. The average molecular weight is 412 g/mol. The molecule has 1 heterocycles. The van der Waals surface area contributed by atoms with Crippen molar-refractivity contribution in [3.63, 3.8) is 0 Å². The lowest BCUT2D eigenvalue weighted by Crippen LogP contribution is -2.06. The number of ketones is 1. The van der Waals surface area contributed by atoms with Crippen LogP contribution in [0.15, 0.2) is 60.3 Å². The monoisotopic (exact) mass is 412 g/mol. The van der Waals surface area contributed by atoms with Crippen LogP contribution < -0.4 is 0 Å². The van der Waals surface area contributed by atoms with Crippen molar-refractivity contribution in [3.8, 4) is 11.4 Å². The number of hydrogen-bond donors (Lipinski definition) is 0. The first-order valence-electron chi connectivity index (χ1n) is 8.61. The number of Topliss-reactive ketones (excluding diaryl/α,β-unsaturated/α-hetero) is 1. The van der Waals surface area contributed by atoms with Crippen LogP contribution in [-0.4, -0.2) is 31.2 Å². The minimum Gasteiger partial charge on any atom is -0.298 e. The van der Waals surface area contributed by atoms with Gasteiger partial charge in [-0.05, 0) is 31.2 Å². The molecule has 3 aromatic rings. The van der Waals surface area contributed by atoms with Crippen molar-refractivity contribution >= 4 is 23.2 Å². The second-order valence-electron chi connectivity index (χ2n) is 6.18. The van der Waals surface area contributed by atoms with E-state index in [1.54, 1.807) is 41.8 Å². The number of thioether (sulfide) groups is 1. The summed E-state index contributed by atoms with van der Waals surface area (Å²) in [5.41, 5.74) is 1.36. The maximum absolute atomic E-state index is 13.2. The van der Waals surface area contributed by atoms with Crippen molar-refractivity contribution in [2.75, 3.05) is 5.75 Å². The molecule has 0 N–H and O–H groups in total. The molecule has 0 aliphatic rings. The molecule has 0 spiro atoms. The van der Waals surface area contributed by atoms with Crippen molar-refractivity contribution < 1.29 is 14.1 Å². The van der Waals surface area contributed by atoms with Gasteiger partial charge in [0, 0.05) is 29.3 Å². The third-order valence-corrected chi connectivity index (χ3v) is 5.16. The molecule has 0 saturated carbocycles. The molecular weight excluding hydrogens is 395 g/mol. The van der Waals surface area contributed by atoms with Gasteiger partial charge in [-0.1, -0.05) is 30.0 Å². The predicted molar refractivity (Wildman–Crippen MR) is 109 cm³/mol. The highest BCUT2D eigenvalue weighted by molar-refractivity contribution is 7.99. The minimum absolute atomic E-state index is 0.0406. The summed E-state index contributed by atoms with van der Waals surface area (Å²) >= 11 is 1.18. The van der Waals surface area contributed by atoms with E-state index in [0.717, 1.165) is 0 Å².